The largest absolute Gasteiger partial charge is 0.378 e. The van der Waals surface area contributed by atoms with Crippen LogP contribution in [-0.2, 0) is 16.1 Å². The van der Waals surface area contributed by atoms with Crippen molar-refractivity contribution in [1.29, 1.82) is 0 Å². The van der Waals surface area contributed by atoms with Crippen LogP contribution < -0.4 is 9.80 Å². The van der Waals surface area contributed by atoms with Gasteiger partial charge in [-0.15, -0.1) is 0 Å². The van der Waals surface area contributed by atoms with Crippen LogP contribution in [0.25, 0.3) is 11.1 Å². The molecule has 184 valence electrons. The lowest BCUT2D eigenvalue weighted by Gasteiger charge is -2.37. The Morgan fingerprint density at radius 1 is 0.971 bits per heavy atom. The summed E-state index contributed by atoms with van der Waals surface area (Å²) in [6.45, 7) is 9.48. The lowest BCUT2D eigenvalue weighted by Crippen LogP contribution is -2.49. The first-order chi connectivity index (χ1) is 17.0. The molecule has 2 aliphatic heterocycles. The van der Waals surface area contributed by atoms with Gasteiger partial charge in [0.15, 0.2) is 0 Å². The summed E-state index contributed by atoms with van der Waals surface area (Å²) in [6, 6.07) is 6.78. The van der Waals surface area contributed by atoms with Crippen LogP contribution in [0.15, 0.2) is 36.7 Å². The second-order valence-electron chi connectivity index (χ2n) is 8.99. The van der Waals surface area contributed by atoms with Crippen LogP contribution in [0.3, 0.4) is 0 Å². The summed E-state index contributed by atoms with van der Waals surface area (Å²) in [4.78, 5) is 28.1. The van der Waals surface area contributed by atoms with Crippen molar-refractivity contribution in [3.63, 3.8) is 0 Å². The zero-order valence-electron chi connectivity index (χ0n) is 20.2. The molecule has 5 rings (SSSR count). The van der Waals surface area contributed by atoms with E-state index in [9.17, 15) is 9.18 Å². The molecular weight excluding hydrogens is 449 g/mol. The standard InChI is InChI=1S/C25H30FN7O2/c1-18-13-19(2)33(29-18)17-24(34)31-7-5-30(6-8-31)23-4-3-21(26)14-22(23)20-15-27-25(28-16-20)32-9-11-35-12-10-32/h3-4,13-16H,5-12,17H2,1-2H3. The molecule has 35 heavy (non-hydrogen) atoms. The quantitative estimate of drug-likeness (QED) is 0.556. The first-order valence-corrected chi connectivity index (χ1v) is 12.0. The van der Waals surface area contributed by atoms with Gasteiger partial charge in [-0.25, -0.2) is 14.4 Å². The molecule has 2 fully saturated rings. The SMILES string of the molecule is Cc1cc(C)n(CC(=O)N2CCN(c3ccc(F)cc3-c3cnc(N4CCOCC4)nc3)CC2)n1. The van der Waals surface area contributed by atoms with Gasteiger partial charge >= 0.3 is 0 Å². The smallest absolute Gasteiger partial charge is 0.244 e. The van der Waals surface area contributed by atoms with Crippen LogP contribution in [0.2, 0.25) is 0 Å². The fourth-order valence-corrected chi connectivity index (χ4v) is 4.66. The van der Waals surface area contributed by atoms with Crippen molar-refractivity contribution in [3.05, 3.63) is 53.9 Å². The molecule has 9 nitrogen and oxygen atoms in total. The van der Waals surface area contributed by atoms with Gasteiger partial charge in [0.05, 0.1) is 18.9 Å². The molecule has 10 heteroatoms. The van der Waals surface area contributed by atoms with Gasteiger partial charge in [-0.1, -0.05) is 0 Å². The number of aromatic nitrogens is 4. The fourth-order valence-electron chi connectivity index (χ4n) is 4.66. The Balaban J connectivity index is 1.28. The minimum absolute atomic E-state index is 0.0577. The zero-order chi connectivity index (χ0) is 24.4. The Bertz CT molecular complexity index is 1180. The number of morpholine rings is 1. The average Bonchev–Trinajstić information content (AvgIpc) is 3.20. The molecule has 1 aromatic carbocycles. The van der Waals surface area contributed by atoms with Crippen LogP contribution in [-0.4, -0.2) is 83.0 Å². The number of aryl methyl sites for hydroxylation is 2. The minimum Gasteiger partial charge on any atom is -0.378 e. The van der Waals surface area contributed by atoms with E-state index in [2.05, 4.69) is 24.9 Å². The van der Waals surface area contributed by atoms with E-state index < -0.39 is 0 Å². The number of carbonyl (C=O) groups is 1. The van der Waals surface area contributed by atoms with E-state index in [1.165, 1.54) is 12.1 Å². The molecule has 0 N–H and O–H groups in total. The fraction of sp³-hybridized carbons (Fsp3) is 0.440. The van der Waals surface area contributed by atoms with Crippen molar-refractivity contribution in [2.75, 3.05) is 62.3 Å². The Kier molecular flexibility index (Phi) is 6.63. The molecule has 2 aromatic heterocycles. The van der Waals surface area contributed by atoms with E-state index in [1.54, 1.807) is 23.1 Å². The first kappa shape index (κ1) is 23.2. The van der Waals surface area contributed by atoms with E-state index >= 15 is 0 Å². The second-order valence-corrected chi connectivity index (χ2v) is 8.99. The third kappa shape index (κ3) is 5.12. The molecular formula is C25H30FN7O2. The topological polar surface area (TPSA) is 79.6 Å². The predicted octanol–water partition coefficient (Wildman–Crippen LogP) is 2.28. The van der Waals surface area contributed by atoms with Crippen molar-refractivity contribution in [2.24, 2.45) is 0 Å². The van der Waals surface area contributed by atoms with Crippen molar-refractivity contribution in [1.82, 2.24) is 24.6 Å². The van der Waals surface area contributed by atoms with Crippen LogP contribution in [0.4, 0.5) is 16.0 Å². The second kappa shape index (κ2) is 9.99. The number of rotatable bonds is 5. The number of piperazine rings is 1. The van der Waals surface area contributed by atoms with Gasteiger partial charge in [-0.05, 0) is 38.1 Å². The normalized spacial score (nSPS) is 16.6. The highest BCUT2D eigenvalue weighted by molar-refractivity contribution is 5.79. The van der Waals surface area contributed by atoms with E-state index in [-0.39, 0.29) is 18.3 Å². The Morgan fingerprint density at radius 2 is 1.69 bits per heavy atom. The third-order valence-electron chi connectivity index (χ3n) is 6.56. The summed E-state index contributed by atoms with van der Waals surface area (Å²) in [5.41, 5.74) is 4.32. The molecule has 4 heterocycles. The number of benzene rings is 1. The summed E-state index contributed by atoms with van der Waals surface area (Å²) < 4.78 is 21.4. The maximum Gasteiger partial charge on any atom is 0.244 e. The maximum atomic E-state index is 14.2. The number of ether oxygens (including phenoxy) is 1. The summed E-state index contributed by atoms with van der Waals surface area (Å²) in [6.07, 6.45) is 3.51. The molecule has 0 aliphatic carbocycles. The van der Waals surface area contributed by atoms with E-state index in [0.717, 1.165) is 41.3 Å². The molecule has 3 aromatic rings. The molecule has 2 saturated heterocycles. The third-order valence-corrected chi connectivity index (χ3v) is 6.56. The number of carbonyl (C=O) groups excluding carboxylic acids is 1. The van der Waals surface area contributed by atoms with E-state index in [4.69, 9.17) is 4.74 Å². The molecule has 0 bridgehead atoms. The highest BCUT2D eigenvalue weighted by Crippen LogP contribution is 2.32. The van der Waals surface area contributed by atoms with Gasteiger partial charge in [0.1, 0.15) is 12.4 Å². The van der Waals surface area contributed by atoms with Crippen LogP contribution in [0.5, 0.6) is 0 Å². The highest BCUT2D eigenvalue weighted by Gasteiger charge is 2.24. The van der Waals surface area contributed by atoms with Crippen molar-refractivity contribution in [2.45, 2.75) is 20.4 Å². The molecule has 0 unspecified atom stereocenters. The minimum atomic E-state index is -0.306. The van der Waals surface area contributed by atoms with Crippen LogP contribution >= 0.6 is 0 Å². The molecule has 0 radical (unpaired) electrons. The molecule has 2 aliphatic rings. The number of hydrogen-bond donors (Lipinski definition) is 0. The summed E-state index contributed by atoms with van der Waals surface area (Å²) in [5.74, 6) is 0.409. The van der Waals surface area contributed by atoms with Gasteiger partial charge in [0, 0.05) is 74.2 Å². The number of halogens is 1. The lowest BCUT2D eigenvalue weighted by atomic mass is 10.0. The van der Waals surface area contributed by atoms with Gasteiger partial charge in [0.2, 0.25) is 11.9 Å². The molecule has 1 amide bonds. The van der Waals surface area contributed by atoms with Crippen molar-refractivity contribution < 1.29 is 13.9 Å². The summed E-state index contributed by atoms with van der Waals surface area (Å²) in [7, 11) is 0. The zero-order valence-corrected chi connectivity index (χ0v) is 20.2. The van der Waals surface area contributed by atoms with Gasteiger partial charge < -0.3 is 19.4 Å². The maximum absolute atomic E-state index is 14.2. The Labute approximate surface area is 204 Å². The molecule has 0 spiro atoms. The number of amides is 1. The summed E-state index contributed by atoms with van der Waals surface area (Å²) >= 11 is 0. The van der Waals surface area contributed by atoms with E-state index in [1.807, 2.05) is 24.8 Å². The van der Waals surface area contributed by atoms with Crippen LogP contribution in [0, 0.1) is 19.7 Å². The number of nitrogens with zero attached hydrogens (tertiary/aromatic N) is 7. The van der Waals surface area contributed by atoms with Gasteiger partial charge in [0.25, 0.3) is 0 Å². The van der Waals surface area contributed by atoms with Gasteiger partial charge in [-0.2, -0.15) is 5.10 Å². The van der Waals surface area contributed by atoms with Crippen molar-refractivity contribution in [3.8, 4) is 11.1 Å². The van der Waals surface area contributed by atoms with Gasteiger partial charge in [-0.3, -0.25) is 9.48 Å². The number of hydrogen-bond acceptors (Lipinski definition) is 7. The average molecular weight is 480 g/mol. The Hall–Kier alpha value is -3.53. The predicted molar refractivity (Wildman–Crippen MR) is 131 cm³/mol. The van der Waals surface area contributed by atoms with Crippen molar-refractivity contribution >= 4 is 17.5 Å². The summed E-state index contributed by atoms with van der Waals surface area (Å²) in [5, 5.41) is 4.40. The van der Waals surface area contributed by atoms with Crippen LogP contribution in [0.1, 0.15) is 11.4 Å². The molecule has 0 saturated carbocycles. The number of anilines is 2. The molecule has 0 atom stereocenters. The lowest BCUT2D eigenvalue weighted by molar-refractivity contribution is -0.132. The monoisotopic (exact) mass is 479 g/mol. The highest BCUT2D eigenvalue weighted by atomic mass is 19.1. The first-order valence-electron chi connectivity index (χ1n) is 12.0. The van der Waals surface area contributed by atoms with E-state index in [0.29, 0.717) is 45.3 Å². The Morgan fingerprint density at radius 3 is 2.34 bits per heavy atom.